The molecule has 1 aliphatic heterocycles. The summed E-state index contributed by atoms with van der Waals surface area (Å²) in [4.78, 5) is 28.4. The Kier molecular flexibility index (Phi) is 9.38. The van der Waals surface area contributed by atoms with E-state index in [9.17, 15) is 18.0 Å². The summed E-state index contributed by atoms with van der Waals surface area (Å²) in [6.45, 7) is 0.528. The molecule has 2 aromatic carbocycles. The van der Waals surface area contributed by atoms with Crippen LogP contribution in [0.5, 0.6) is 5.75 Å². The van der Waals surface area contributed by atoms with Crippen LogP contribution in [0.1, 0.15) is 28.9 Å². The minimum absolute atomic E-state index is 0.0616. The highest BCUT2D eigenvalue weighted by Crippen LogP contribution is 2.50. The average Bonchev–Trinajstić information content (AvgIpc) is 3.25. The van der Waals surface area contributed by atoms with Crippen molar-refractivity contribution in [1.29, 1.82) is 0 Å². The molecule has 0 atom stereocenters. The summed E-state index contributed by atoms with van der Waals surface area (Å²) in [5.41, 5.74) is 12.5. The number of nitrogens with zero attached hydrogens (tertiary/aromatic N) is 1. The number of thiophene rings is 1. The molecular formula is C27H28Cl3N3O5S2. The van der Waals surface area contributed by atoms with Gasteiger partial charge >= 0.3 is 0 Å². The number of primary amides is 1. The largest absolute Gasteiger partial charge is 0.491 e. The fraction of sp³-hybridized carbons (Fsp3) is 0.333. The Morgan fingerprint density at radius 2 is 1.68 bits per heavy atom. The Balaban J connectivity index is 1.83. The predicted molar refractivity (Wildman–Crippen MR) is 161 cm³/mol. The van der Waals surface area contributed by atoms with E-state index >= 15 is 0 Å². The summed E-state index contributed by atoms with van der Waals surface area (Å²) in [6.07, 6.45) is 1.84. The molecule has 214 valence electrons. The molecular weight excluding hydrogens is 617 g/mol. The first kappa shape index (κ1) is 30.6. The molecule has 0 saturated carbocycles. The van der Waals surface area contributed by atoms with Gasteiger partial charge in [0.25, 0.3) is 5.91 Å². The summed E-state index contributed by atoms with van der Waals surface area (Å²) in [5, 5.41) is 1.38. The van der Waals surface area contributed by atoms with Crippen molar-refractivity contribution in [2.45, 2.75) is 24.8 Å². The van der Waals surface area contributed by atoms with Crippen molar-refractivity contribution in [2.75, 3.05) is 31.7 Å². The average molecular weight is 645 g/mol. The van der Waals surface area contributed by atoms with Crippen molar-refractivity contribution in [3.63, 3.8) is 0 Å². The van der Waals surface area contributed by atoms with E-state index < -0.39 is 21.3 Å². The van der Waals surface area contributed by atoms with Crippen molar-refractivity contribution in [3.05, 3.63) is 62.4 Å². The van der Waals surface area contributed by atoms with Gasteiger partial charge in [0.15, 0.2) is 5.75 Å². The molecule has 2 heterocycles. The molecule has 0 spiro atoms. The molecule has 8 nitrogen and oxygen atoms in total. The first-order chi connectivity index (χ1) is 18.8. The van der Waals surface area contributed by atoms with Crippen molar-refractivity contribution < 1.29 is 22.7 Å². The highest BCUT2D eigenvalue weighted by molar-refractivity contribution is 7.90. The van der Waals surface area contributed by atoms with Crippen LogP contribution in [-0.4, -0.2) is 62.4 Å². The molecule has 0 radical (unpaired) electrons. The fourth-order valence-corrected chi connectivity index (χ4v) is 7.03. The lowest BCUT2D eigenvalue weighted by Crippen LogP contribution is -2.58. The monoisotopic (exact) mass is 643 g/mol. The number of likely N-dealkylation sites (tertiary alicyclic amines) is 1. The molecule has 1 aliphatic rings. The van der Waals surface area contributed by atoms with Crippen LogP contribution < -0.4 is 16.2 Å². The minimum Gasteiger partial charge on any atom is -0.491 e. The van der Waals surface area contributed by atoms with Crippen LogP contribution in [0.3, 0.4) is 0 Å². The van der Waals surface area contributed by atoms with Crippen LogP contribution in [0.2, 0.25) is 15.1 Å². The van der Waals surface area contributed by atoms with Crippen LogP contribution in [0, 0.1) is 0 Å². The van der Waals surface area contributed by atoms with Gasteiger partial charge in [-0.25, -0.2) is 8.42 Å². The first-order valence-electron chi connectivity index (χ1n) is 12.4. The van der Waals surface area contributed by atoms with Gasteiger partial charge in [-0.05, 0) is 49.1 Å². The Hall–Kier alpha value is -2.34. The van der Waals surface area contributed by atoms with E-state index in [0.717, 1.165) is 11.8 Å². The lowest BCUT2D eigenvalue weighted by atomic mass is 9.88. The zero-order valence-electron chi connectivity index (χ0n) is 21.6. The van der Waals surface area contributed by atoms with E-state index in [4.69, 9.17) is 51.0 Å². The molecule has 1 saturated heterocycles. The second-order valence-electron chi connectivity index (χ2n) is 9.74. The molecule has 3 aromatic rings. The third kappa shape index (κ3) is 6.92. The van der Waals surface area contributed by atoms with Crippen molar-refractivity contribution in [2.24, 2.45) is 11.5 Å². The Morgan fingerprint density at radius 3 is 2.25 bits per heavy atom. The van der Waals surface area contributed by atoms with E-state index in [0.29, 0.717) is 41.7 Å². The topological polar surface area (TPSA) is 133 Å². The lowest BCUT2D eigenvalue weighted by molar-refractivity contribution is -0.124. The number of hydrogen-bond acceptors (Lipinski definition) is 7. The molecule has 40 heavy (non-hydrogen) atoms. The number of hydrogen-bond donors (Lipinski definition) is 2. The second-order valence-corrected chi connectivity index (χ2v) is 14.3. The van der Waals surface area contributed by atoms with Gasteiger partial charge in [-0.15, -0.1) is 11.3 Å². The predicted octanol–water partition coefficient (Wildman–Crippen LogP) is 5.27. The van der Waals surface area contributed by atoms with Crippen LogP contribution in [-0.2, 0) is 14.6 Å². The van der Waals surface area contributed by atoms with Gasteiger partial charge in [0.2, 0.25) is 5.91 Å². The number of benzene rings is 2. The number of halogens is 3. The van der Waals surface area contributed by atoms with E-state index in [-0.39, 0.29) is 50.6 Å². The molecule has 0 unspecified atom stereocenters. The summed E-state index contributed by atoms with van der Waals surface area (Å²) in [5.74, 6) is -0.660. The third-order valence-corrected chi connectivity index (χ3v) is 9.73. The zero-order chi connectivity index (χ0) is 29.2. The number of nitrogens with two attached hydrogens (primary N) is 2. The number of piperidine rings is 1. The maximum absolute atomic E-state index is 13.9. The fourth-order valence-electron chi connectivity index (χ4n) is 4.43. The Morgan fingerprint density at radius 1 is 1.05 bits per heavy atom. The van der Waals surface area contributed by atoms with Gasteiger partial charge in [0, 0.05) is 45.4 Å². The van der Waals surface area contributed by atoms with Crippen LogP contribution in [0.25, 0.3) is 21.6 Å². The number of carbonyl (C=O) groups excluding carboxylic acids is 2. The number of sulfone groups is 1. The molecule has 4 rings (SSSR count). The lowest BCUT2D eigenvalue weighted by Gasteiger charge is -2.36. The van der Waals surface area contributed by atoms with Crippen molar-refractivity contribution in [1.82, 2.24) is 4.90 Å². The van der Waals surface area contributed by atoms with Crippen LogP contribution in [0.4, 0.5) is 0 Å². The highest BCUT2D eigenvalue weighted by atomic mass is 35.5. The Labute approximate surface area is 252 Å². The van der Waals surface area contributed by atoms with Crippen LogP contribution in [0.15, 0.2) is 42.5 Å². The summed E-state index contributed by atoms with van der Waals surface area (Å²) in [6, 6.07) is 12.2. The van der Waals surface area contributed by atoms with Crippen molar-refractivity contribution in [3.8, 4) is 27.3 Å². The number of rotatable bonds is 9. The molecule has 1 aromatic heterocycles. The van der Waals surface area contributed by atoms with Gasteiger partial charge in [-0.3, -0.25) is 9.59 Å². The quantitative estimate of drug-likeness (QED) is 0.305. The smallest absolute Gasteiger partial charge is 0.267 e. The van der Waals surface area contributed by atoms with Gasteiger partial charge in [0.05, 0.1) is 22.9 Å². The van der Waals surface area contributed by atoms with E-state index in [1.165, 1.54) is 11.3 Å². The molecule has 0 bridgehead atoms. The van der Waals surface area contributed by atoms with Crippen molar-refractivity contribution >= 4 is 67.8 Å². The van der Waals surface area contributed by atoms with Crippen LogP contribution >= 0.6 is 46.1 Å². The Bertz CT molecular complexity index is 1530. The van der Waals surface area contributed by atoms with Gasteiger partial charge in [0.1, 0.15) is 14.7 Å². The number of ether oxygens (including phenoxy) is 1. The highest BCUT2D eigenvalue weighted by Gasteiger charge is 2.39. The second kappa shape index (κ2) is 12.3. The van der Waals surface area contributed by atoms with E-state index in [1.54, 1.807) is 35.2 Å². The van der Waals surface area contributed by atoms with E-state index in [1.807, 2.05) is 12.1 Å². The maximum Gasteiger partial charge on any atom is 0.267 e. The maximum atomic E-state index is 13.9. The summed E-state index contributed by atoms with van der Waals surface area (Å²) in [7, 11) is -3.20. The zero-order valence-corrected chi connectivity index (χ0v) is 25.5. The third-order valence-electron chi connectivity index (χ3n) is 6.71. The summed E-state index contributed by atoms with van der Waals surface area (Å²) >= 11 is 20.2. The standard InChI is InChI=1S/C27H28Cl3N3O5S2/c1-40(36,37)14-2-13-38-22-21(16-3-5-17(28)6-4-16)23(19-8-7-18(29)15-20(19)30)39-24(22)25(34)33-11-9-27(32,10-12-33)26(31)35/h3-8,15H,2,9-14,32H2,1H3,(H2,31,35). The first-order valence-corrected chi connectivity index (χ1v) is 16.4. The normalized spacial score (nSPS) is 15.2. The molecule has 4 N–H and O–H groups in total. The minimum atomic E-state index is -3.20. The van der Waals surface area contributed by atoms with Gasteiger partial charge < -0.3 is 21.1 Å². The molecule has 1 fully saturated rings. The SMILES string of the molecule is CS(=O)(=O)CCCOc1c(C(=O)N2CCC(N)(C(N)=O)CC2)sc(-c2ccc(Cl)cc2Cl)c1-c1ccc(Cl)cc1. The molecule has 2 amide bonds. The van der Waals surface area contributed by atoms with E-state index in [2.05, 4.69) is 0 Å². The number of amides is 2. The van der Waals surface area contributed by atoms with Gasteiger partial charge in [-0.1, -0.05) is 53.0 Å². The number of carbonyl (C=O) groups is 2. The summed E-state index contributed by atoms with van der Waals surface area (Å²) < 4.78 is 29.6. The molecule has 13 heteroatoms. The van der Waals surface area contributed by atoms with Gasteiger partial charge in [-0.2, -0.15) is 0 Å². The molecule has 0 aliphatic carbocycles.